The fourth-order valence-corrected chi connectivity index (χ4v) is 1.56. The van der Waals surface area contributed by atoms with Crippen molar-refractivity contribution in [2.45, 2.75) is 0 Å². The molecular formula is C9H6ClN3. The molecule has 0 aliphatic rings. The number of hydrogen-bond acceptors (Lipinski definition) is 2. The quantitative estimate of drug-likeness (QED) is 0.640. The van der Waals surface area contributed by atoms with Gasteiger partial charge in [-0.2, -0.15) is 10.4 Å². The normalized spacial score (nSPS) is 10.2. The van der Waals surface area contributed by atoms with Crippen molar-refractivity contribution >= 4 is 22.5 Å². The maximum Gasteiger partial charge on any atom is 0.158 e. The summed E-state index contributed by atoms with van der Waals surface area (Å²) in [6.45, 7) is 0. The summed E-state index contributed by atoms with van der Waals surface area (Å²) in [5, 5.41) is 14.1. The average Bonchev–Trinajstić information content (AvgIpc) is 2.42. The van der Waals surface area contributed by atoms with Crippen molar-refractivity contribution in [3.63, 3.8) is 0 Å². The maximum atomic E-state index is 8.68. The van der Waals surface area contributed by atoms with E-state index in [9.17, 15) is 0 Å². The minimum absolute atomic E-state index is 0.474. The van der Waals surface area contributed by atoms with Crippen molar-refractivity contribution in [1.82, 2.24) is 9.78 Å². The lowest BCUT2D eigenvalue weighted by Gasteiger charge is -1.93. The molecule has 0 radical (unpaired) electrons. The molecule has 2 rings (SSSR count). The molecular weight excluding hydrogens is 186 g/mol. The van der Waals surface area contributed by atoms with Gasteiger partial charge in [-0.05, 0) is 18.2 Å². The highest BCUT2D eigenvalue weighted by atomic mass is 35.5. The predicted molar refractivity (Wildman–Crippen MR) is 50.4 cm³/mol. The van der Waals surface area contributed by atoms with Crippen molar-refractivity contribution in [1.29, 1.82) is 5.26 Å². The van der Waals surface area contributed by atoms with Crippen LogP contribution in [0.4, 0.5) is 0 Å². The number of nitrogens with zero attached hydrogens (tertiary/aromatic N) is 3. The Balaban J connectivity index is 2.86. The summed E-state index contributed by atoms with van der Waals surface area (Å²) in [5.74, 6) is 0. The van der Waals surface area contributed by atoms with Crippen LogP contribution in [0.1, 0.15) is 5.56 Å². The SMILES string of the molecule is Cn1nc(Cl)c2ccc(C#N)cc21. The number of aryl methyl sites for hydroxylation is 1. The molecule has 0 unspecified atom stereocenters. The van der Waals surface area contributed by atoms with Crippen molar-refractivity contribution in [2.75, 3.05) is 0 Å². The monoisotopic (exact) mass is 191 g/mol. The topological polar surface area (TPSA) is 41.6 Å². The molecule has 0 spiro atoms. The average molecular weight is 192 g/mol. The van der Waals surface area contributed by atoms with Crippen LogP contribution >= 0.6 is 11.6 Å². The van der Waals surface area contributed by atoms with Crippen molar-refractivity contribution in [2.24, 2.45) is 7.05 Å². The molecule has 0 aliphatic carbocycles. The molecule has 1 heterocycles. The maximum absolute atomic E-state index is 8.68. The summed E-state index contributed by atoms with van der Waals surface area (Å²) >= 11 is 5.86. The molecule has 0 saturated carbocycles. The van der Waals surface area contributed by atoms with Crippen LogP contribution in [0.3, 0.4) is 0 Å². The Bertz CT molecular complexity index is 507. The van der Waals surface area contributed by atoms with Crippen LogP contribution in [0.2, 0.25) is 5.15 Å². The molecule has 0 atom stereocenters. The van der Waals surface area contributed by atoms with Gasteiger partial charge >= 0.3 is 0 Å². The van der Waals surface area contributed by atoms with E-state index < -0.39 is 0 Å². The van der Waals surface area contributed by atoms with Crippen LogP contribution in [0.25, 0.3) is 10.9 Å². The van der Waals surface area contributed by atoms with Crippen molar-refractivity contribution in [3.05, 3.63) is 28.9 Å². The fourth-order valence-electron chi connectivity index (χ4n) is 1.28. The van der Waals surface area contributed by atoms with Crippen LogP contribution < -0.4 is 0 Å². The highest BCUT2D eigenvalue weighted by molar-refractivity contribution is 6.34. The van der Waals surface area contributed by atoms with Crippen LogP contribution in [-0.2, 0) is 7.05 Å². The summed E-state index contributed by atoms with van der Waals surface area (Å²) < 4.78 is 1.67. The van der Waals surface area contributed by atoms with E-state index in [1.807, 2.05) is 6.07 Å². The lowest BCUT2D eigenvalue weighted by Crippen LogP contribution is -1.88. The highest BCUT2D eigenvalue weighted by Crippen LogP contribution is 2.22. The summed E-state index contributed by atoms with van der Waals surface area (Å²) in [5.41, 5.74) is 1.50. The fraction of sp³-hybridized carbons (Fsp3) is 0.111. The summed E-state index contributed by atoms with van der Waals surface area (Å²) in [6.07, 6.45) is 0. The molecule has 13 heavy (non-hydrogen) atoms. The van der Waals surface area contributed by atoms with Gasteiger partial charge in [-0.3, -0.25) is 4.68 Å². The first-order valence-corrected chi connectivity index (χ1v) is 4.12. The lowest BCUT2D eigenvalue weighted by molar-refractivity contribution is 0.797. The minimum atomic E-state index is 0.474. The van der Waals surface area contributed by atoms with E-state index in [0.717, 1.165) is 10.9 Å². The number of fused-ring (bicyclic) bond motifs is 1. The van der Waals surface area contributed by atoms with Gasteiger partial charge in [0.2, 0.25) is 0 Å². The van der Waals surface area contributed by atoms with E-state index >= 15 is 0 Å². The molecule has 3 nitrogen and oxygen atoms in total. The third-order valence-corrected chi connectivity index (χ3v) is 2.21. The highest BCUT2D eigenvalue weighted by Gasteiger charge is 2.05. The van der Waals surface area contributed by atoms with Crippen LogP contribution in [0, 0.1) is 11.3 Å². The molecule has 64 valence electrons. The summed E-state index contributed by atoms with van der Waals surface area (Å²) in [7, 11) is 1.80. The number of hydrogen-bond donors (Lipinski definition) is 0. The van der Waals surface area contributed by atoms with Crippen LogP contribution in [0.5, 0.6) is 0 Å². The van der Waals surface area contributed by atoms with Gasteiger partial charge in [-0.15, -0.1) is 0 Å². The zero-order valence-corrected chi connectivity index (χ0v) is 7.71. The molecule has 1 aromatic carbocycles. The smallest absolute Gasteiger partial charge is 0.158 e. The second kappa shape index (κ2) is 2.75. The summed E-state index contributed by atoms with van der Waals surface area (Å²) in [4.78, 5) is 0. The van der Waals surface area contributed by atoms with E-state index in [0.29, 0.717) is 10.7 Å². The molecule has 0 fully saturated rings. The Kier molecular flexibility index (Phi) is 1.71. The second-order valence-corrected chi connectivity index (χ2v) is 3.12. The molecule has 0 N–H and O–H groups in total. The largest absolute Gasteiger partial charge is 0.266 e. The van der Waals surface area contributed by atoms with Crippen LogP contribution in [0.15, 0.2) is 18.2 Å². The Hall–Kier alpha value is -1.53. The number of nitriles is 1. The first-order valence-electron chi connectivity index (χ1n) is 3.75. The molecule has 4 heteroatoms. The van der Waals surface area contributed by atoms with E-state index in [1.54, 1.807) is 23.9 Å². The lowest BCUT2D eigenvalue weighted by atomic mass is 10.2. The molecule has 0 amide bonds. The van der Waals surface area contributed by atoms with E-state index in [4.69, 9.17) is 16.9 Å². The Morgan fingerprint density at radius 3 is 3.00 bits per heavy atom. The van der Waals surface area contributed by atoms with Gasteiger partial charge in [-0.25, -0.2) is 0 Å². The van der Waals surface area contributed by atoms with E-state index in [-0.39, 0.29) is 0 Å². The van der Waals surface area contributed by atoms with Gasteiger partial charge < -0.3 is 0 Å². The first-order chi connectivity index (χ1) is 6.22. The van der Waals surface area contributed by atoms with Gasteiger partial charge in [0.25, 0.3) is 0 Å². The van der Waals surface area contributed by atoms with Crippen LogP contribution in [-0.4, -0.2) is 9.78 Å². The molecule has 0 bridgehead atoms. The minimum Gasteiger partial charge on any atom is -0.266 e. The Labute approximate surface area is 80.1 Å². The van der Waals surface area contributed by atoms with Gasteiger partial charge in [-0.1, -0.05) is 11.6 Å². The Morgan fingerprint density at radius 2 is 2.31 bits per heavy atom. The second-order valence-electron chi connectivity index (χ2n) is 2.76. The van der Waals surface area contributed by atoms with Gasteiger partial charge in [0.1, 0.15) is 0 Å². The zero-order chi connectivity index (χ0) is 9.42. The van der Waals surface area contributed by atoms with Crippen molar-refractivity contribution in [3.8, 4) is 6.07 Å². The van der Waals surface area contributed by atoms with Crippen molar-refractivity contribution < 1.29 is 0 Å². The number of rotatable bonds is 0. The number of aromatic nitrogens is 2. The van der Waals surface area contributed by atoms with E-state index in [2.05, 4.69) is 11.2 Å². The molecule has 2 aromatic rings. The van der Waals surface area contributed by atoms with Gasteiger partial charge in [0.05, 0.1) is 17.1 Å². The molecule has 0 saturated heterocycles. The third kappa shape index (κ3) is 1.16. The summed E-state index contributed by atoms with van der Waals surface area (Å²) in [6, 6.07) is 7.38. The van der Waals surface area contributed by atoms with Gasteiger partial charge in [0, 0.05) is 12.4 Å². The zero-order valence-electron chi connectivity index (χ0n) is 6.95. The van der Waals surface area contributed by atoms with E-state index in [1.165, 1.54) is 0 Å². The third-order valence-electron chi connectivity index (χ3n) is 1.94. The van der Waals surface area contributed by atoms with Gasteiger partial charge in [0.15, 0.2) is 5.15 Å². The standard InChI is InChI=1S/C9H6ClN3/c1-13-8-4-6(5-11)2-3-7(8)9(10)12-13/h2-4H,1H3. The molecule has 1 aromatic heterocycles. The predicted octanol–water partition coefficient (Wildman–Crippen LogP) is 2.10. The first kappa shape index (κ1) is 8.09. The number of benzene rings is 1. The number of halogens is 1. The molecule has 0 aliphatic heterocycles. The Morgan fingerprint density at radius 1 is 1.54 bits per heavy atom.